The highest BCUT2D eigenvalue weighted by Gasteiger charge is 2.34. The van der Waals surface area contributed by atoms with Gasteiger partial charge in [-0.05, 0) is 17.9 Å². The quantitative estimate of drug-likeness (QED) is 0.809. The van der Waals surface area contributed by atoms with Gasteiger partial charge >= 0.3 is 5.97 Å². The van der Waals surface area contributed by atoms with E-state index in [1.807, 2.05) is 23.6 Å². The first-order chi connectivity index (χ1) is 11.2. The Morgan fingerprint density at radius 3 is 3.09 bits per heavy atom. The van der Waals surface area contributed by atoms with Crippen LogP contribution in [-0.4, -0.2) is 46.8 Å². The third kappa shape index (κ3) is 3.29. The van der Waals surface area contributed by atoms with Crippen molar-refractivity contribution in [1.29, 1.82) is 0 Å². The number of hydrogen-bond donors (Lipinski definition) is 2. The second kappa shape index (κ2) is 7.21. The second-order valence-corrected chi connectivity index (χ2v) is 6.58. The molecule has 2 aliphatic heterocycles. The summed E-state index contributed by atoms with van der Waals surface area (Å²) in [5, 5.41) is 19.4. The number of nitrogens with one attached hydrogen (secondary N) is 1. The zero-order valence-electron chi connectivity index (χ0n) is 12.9. The maximum Gasteiger partial charge on any atom is 0.336 e. The van der Waals surface area contributed by atoms with Gasteiger partial charge in [-0.1, -0.05) is 24.3 Å². The van der Waals surface area contributed by atoms with E-state index in [9.17, 15) is 9.90 Å². The standard InChI is InChI=1S/C17H21N3O2S/c1-2-5-13-12-18-8-9-19(13)20-10-11-23-16(20)14-6-3-4-7-15(14)17(21)22/h2-4,6-7,10-11,13,16,18H,1,5,8-9,12H2,(H,21,22). The number of benzene rings is 1. The maximum atomic E-state index is 11.5. The predicted octanol–water partition coefficient (Wildman–Crippen LogP) is 2.67. The molecule has 1 fully saturated rings. The number of aromatic carboxylic acids is 1. The first-order valence-electron chi connectivity index (χ1n) is 7.73. The number of carboxylic acid groups (broad SMARTS) is 1. The van der Waals surface area contributed by atoms with E-state index in [2.05, 4.69) is 28.1 Å². The molecular weight excluding hydrogens is 310 g/mol. The zero-order chi connectivity index (χ0) is 16.2. The van der Waals surface area contributed by atoms with Crippen LogP contribution in [-0.2, 0) is 0 Å². The molecule has 2 unspecified atom stereocenters. The topological polar surface area (TPSA) is 55.8 Å². The van der Waals surface area contributed by atoms with Gasteiger partial charge < -0.3 is 10.4 Å². The summed E-state index contributed by atoms with van der Waals surface area (Å²) in [5.41, 5.74) is 1.21. The monoisotopic (exact) mass is 331 g/mol. The third-order valence-electron chi connectivity index (χ3n) is 4.17. The van der Waals surface area contributed by atoms with Crippen LogP contribution < -0.4 is 5.32 Å². The Balaban J connectivity index is 1.89. The van der Waals surface area contributed by atoms with Crippen LogP contribution in [0.2, 0.25) is 0 Å². The molecule has 0 aliphatic carbocycles. The molecule has 3 rings (SSSR count). The van der Waals surface area contributed by atoms with Crippen molar-refractivity contribution in [1.82, 2.24) is 15.3 Å². The second-order valence-electron chi connectivity index (χ2n) is 5.59. The molecule has 2 heterocycles. The molecule has 2 atom stereocenters. The van der Waals surface area contributed by atoms with Crippen molar-refractivity contribution in [2.75, 3.05) is 19.6 Å². The Kier molecular flexibility index (Phi) is 5.05. The number of rotatable bonds is 5. The van der Waals surface area contributed by atoms with Crippen molar-refractivity contribution in [3.05, 3.63) is 59.7 Å². The van der Waals surface area contributed by atoms with E-state index >= 15 is 0 Å². The average Bonchev–Trinajstić information content (AvgIpc) is 3.05. The summed E-state index contributed by atoms with van der Waals surface area (Å²) in [5.74, 6) is -0.879. The summed E-state index contributed by atoms with van der Waals surface area (Å²) in [6.45, 7) is 6.59. The zero-order valence-corrected chi connectivity index (χ0v) is 13.7. The van der Waals surface area contributed by atoms with Gasteiger partial charge in [-0.3, -0.25) is 5.01 Å². The van der Waals surface area contributed by atoms with Crippen molar-refractivity contribution in [3.8, 4) is 0 Å². The van der Waals surface area contributed by atoms with Gasteiger partial charge in [-0.15, -0.1) is 18.3 Å². The molecule has 0 spiro atoms. The molecule has 5 nitrogen and oxygen atoms in total. The number of nitrogens with zero attached hydrogens (tertiary/aromatic N) is 2. The van der Waals surface area contributed by atoms with Crippen LogP contribution in [0.4, 0.5) is 0 Å². The molecule has 6 heteroatoms. The van der Waals surface area contributed by atoms with E-state index in [1.165, 1.54) is 0 Å². The van der Waals surface area contributed by atoms with Crippen LogP contribution in [0.3, 0.4) is 0 Å². The number of hydrazine groups is 1. The van der Waals surface area contributed by atoms with Gasteiger partial charge in [-0.25, -0.2) is 9.80 Å². The van der Waals surface area contributed by atoms with E-state index in [4.69, 9.17) is 0 Å². The van der Waals surface area contributed by atoms with Gasteiger partial charge in [0, 0.05) is 37.4 Å². The van der Waals surface area contributed by atoms with Crippen LogP contribution in [0.5, 0.6) is 0 Å². The van der Waals surface area contributed by atoms with Crippen LogP contribution in [0, 0.1) is 0 Å². The number of piperazine rings is 1. The van der Waals surface area contributed by atoms with Gasteiger partial charge in [0.15, 0.2) is 0 Å². The Bertz CT molecular complexity index is 620. The van der Waals surface area contributed by atoms with Crippen molar-refractivity contribution < 1.29 is 9.90 Å². The number of carboxylic acids is 1. The molecule has 0 saturated carbocycles. The first kappa shape index (κ1) is 16.1. The summed E-state index contributed by atoms with van der Waals surface area (Å²) in [6, 6.07) is 7.59. The minimum Gasteiger partial charge on any atom is -0.478 e. The molecule has 1 aromatic rings. The van der Waals surface area contributed by atoms with E-state index < -0.39 is 5.97 Å². The summed E-state index contributed by atoms with van der Waals surface area (Å²) >= 11 is 1.64. The van der Waals surface area contributed by atoms with E-state index in [-0.39, 0.29) is 5.37 Å². The highest BCUT2D eigenvalue weighted by atomic mass is 32.2. The molecule has 23 heavy (non-hydrogen) atoms. The SMILES string of the molecule is C=CCC1CNCCN1N1C=CSC1c1ccccc1C(=O)O. The summed E-state index contributed by atoms with van der Waals surface area (Å²) < 4.78 is 0. The van der Waals surface area contributed by atoms with Gasteiger partial charge in [0.25, 0.3) is 0 Å². The third-order valence-corrected chi connectivity index (χ3v) is 5.18. The van der Waals surface area contributed by atoms with E-state index in [0.29, 0.717) is 11.6 Å². The van der Waals surface area contributed by atoms with Crippen molar-refractivity contribution in [3.63, 3.8) is 0 Å². The fraction of sp³-hybridized carbons (Fsp3) is 0.353. The lowest BCUT2D eigenvalue weighted by Crippen LogP contribution is -2.56. The summed E-state index contributed by atoms with van der Waals surface area (Å²) in [7, 11) is 0. The molecule has 1 aromatic carbocycles. The van der Waals surface area contributed by atoms with E-state index in [0.717, 1.165) is 31.6 Å². The van der Waals surface area contributed by atoms with E-state index in [1.54, 1.807) is 23.9 Å². The fourth-order valence-corrected chi connectivity index (χ4v) is 4.12. The normalized spacial score (nSPS) is 24.8. The molecule has 2 aliphatic rings. The van der Waals surface area contributed by atoms with Crippen molar-refractivity contribution in [2.45, 2.75) is 17.8 Å². The number of thioether (sulfide) groups is 1. The smallest absolute Gasteiger partial charge is 0.336 e. The minimum atomic E-state index is -0.879. The molecule has 0 amide bonds. The highest BCUT2D eigenvalue weighted by Crippen LogP contribution is 2.42. The lowest BCUT2D eigenvalue weighted by molar-refractivity contribution is -0.0397. The lowest BCUT2D eigenvalue weighted by Gasteiger charge is -2.44. The molecule has 2 N–H and O–H groups in total. The molecular formula is C17H21N3O2S. The minimum absolute atomic E-state index is 0.0345. The van der Waals surface area contributed by atoms with Gasteiger partial charge in [-0.2, -0.15) is 0 Å². The molecule has 0 bridgehead atoms. The molecule has 1 saturated heterocycles. The Hall–Kier alpha value is -1.76. The Morgan fingerprint density at radius 2 is 2.30 bits per heavy atom. The predicted molar refractivity (Wildman–Crippen MR) is 92.9 cm³/mol. The average molecular weight is 331 g/mol. The maximum absolute atomic E-state index is 11.5. The number of hydrogen-bond acceptors (Lipinski definition) is 5. The molecule has 0 radical (unpaired) electrons. The van der Waals surface area contributed by atoms with Crippen LogP contribution in [0.15, 0.2) is 48.5 Å². The van der Waals surface area contributed by atoms with Crippen LogP contribution >= 0.6 is 11.8 Å². The van der Waals surface area contributed by atoms with Crippen molar-refractivity contribution >= 4 is 17.7 Å². The number of carbonyl (C=O) groups is 1. The van der Waals surface area contributed by atoms with Gasteiger partial charge in [0.05, 0.1) is 5.56 Å². The molecule has 122 valence electrons. The highest BCUT2D eigenvalue weighted by molar-refractivity contribution is 8.02. The van der Waals surface area contributed by atoms with Crippen molar-refractivity contribution in [2.24, 2.45) is 0 Å². The Labute approximate surface area is 140 Å². The lowest BCUT2D eigenvalue weighted by atomic mass is 10.1. The summed E-state index contributed by atoms with van der Waals surface area (Å²) in [4.78, 5) is 11.5. The summed E-state index contributed by atoms with van der Waals surface area (Å²) in [6.07, 6.45) is 4.89. The van der Waals surface area contributed by atoms with Gasteiger partial charge in [0.2, 0.25) is 0 Å². The fourth-order valence-electron chi connectivity index (χ4n) is 3.11. The first-order valence-corrected chi connectivity index (χ1v) is 8.67. The van der Waals surface area contributed by atoms with Gasteiger partial charge in [0.1, 0.15) is 5.37 Å². The largest absolute Gasteiger partial charge is 0.478 e. The van der Waals surface area contributed by atoms with Crippen LogP contribution in [0.1, 0.15) is 27.7 Å². The Morgan fingerprint density at radius 1 is 1.48 bits per heavy atom. The molecule has 0 aromatic heterocycles. The van der Waals surface area contributed by atoms with Crippen LogP contribution in [0.25, 0.3) is 0 Å².